The molecule has 25 heavy (non-hydrogen) atoms. The average Bonchev–Trinajstić information content (AvgIpc) is 2.94. The zero-order valence-corrected chi connectivity index (χ0v) is 15.7. The van der Waals surface area contributed by atoms with Gasteiger partial charge in [-0.1, -0.05) is 25.1 Å². The van der Waals surface area contributed by atoms with E-state index in [4.69, 9.17) is 4.74 Å². The second kappa shape index (κ2) is 7.40. The molecule has 1 amide bonds. The van der Waals surface area contributed by atoms with Gasteiger partial charge in [0.2, 0.25) is 0 Å². The molecule has 0 spiro atoms. The summed E-state index contributed by atoms with van der Waals surface area (Å²) >= 11 is 1.52. The number of hydrogen-bond donors (Lipinski definition) is 1. The van der Waals surface area contributed by atoms with E-state index in [-0.39, 0.29) is 11.9 Å². The number of hydrogen-bond acceptors (Lipinski definition) is 4. The van der Waals surface area contributed by atoms with Crippen molar-refractivity contribution in [3.8, 4) is 0 Å². The van der Waals surface area contributed by atoms with Crippen LogP contribution in [0.4, 0.5) is 5.00 Å². The van der Waals surface area contributed by atoms with Crippen molar-refractivity contribution in [2.24, 2.45) is 0 Å². The summed E-state index contributed by atoms with van der Waals surface area (Å²) in [7, 11) is 0. The lowest BCUT2D eigenvalue weighted by Gasteiger charge is -2.19. The minimum atomic E-state index is -0.339. The second-order valence-electron chi connectivity index (χ2n) is 6.43. The van der Waals surface area contributed by atoms with Gasteiger partial charge in [-0.3, -0.25) is 4.79 Å². The Morgan fingerprint density at radius 2 is 2.08 bits per heavy atom. The molecule has 1 aromatic carbocycles. The molecule has 1 unspecified atom stereocenters. The molecule has 0 fully saturated rings. The van der Waals surface area contributed by atoms with Gasteiger partial charge in [0.15, 0.2) is 0 Å². The Kier molecular flexibility index (Phi) is 5.23. The maximum absolute atomic E-state index is 12.7. The quantitative estimate of drug-likeness (QED) is 0.790. The zero-order chi connectivity index (χ0) is 18.0. The highest BCUT2D eigenvalue weighted by Crippen LogP contribution is 2.43. The third-order valence-electron chi connectivity index (χ3n) is 4.65. The second-order valence-corrected chi connectivity index (χ2v) is 7.53. The molecule has 2 aromatic rings. The van der Waals surface area contributed by atoms with Gasteiger partial charge in [0.25, 0.3) is 5.91 Å². The minimum Gasteiger partial charge on any atom is -0.462 e. The highest BCUT2D eigenvalue weighted by atomic mass is 32.1. The summed E-state index contributed by atoms with van der Waals surface area (Å²) in [6, 6.07) is 7.45. The number of carbonyl (C=O) groups excluding carboxylic acids is 2. The lowest BCUT2D eigenvalue weighted by molar-refractivity contribution is 0.0526. The molecule has 5 heteroatoms. The summed E-state index contributed by atoms with van der Waals surface area (Å²) < 4.78 is 5.27. The molecule has 0 bridgehead atoms. The first kappa shape index (κ1) is 17.7. The van der Waals surface area contributed by atoms with Gasteiger partial charge in [-0.25, -0.2) is 4.79 Å². The van der Waals surface area contributed by atoms with E-state index in [9.17, 15) is 9.59 Å². The lowest BCUT2D eigenvalue weighted by Crippen LogP contribution is -2.17. The van der Waals surface area contributed by atoms with Crippen LogP contribution in [0.3, 0.4) is 0 Å². The zero-order valence-electron chi connectivity index (χ0n) is 14.8. The van der Waals surface area contributed by atoms with Crippen LogP contribution in [-0.2, 0) is 11.2 Å². The Morgan fingerprint density at radius 3 is 2.80 bits per heavy atom. The number of thiophene rings is 1. The summed E-state index contributed by atoms with van der Waals surface area (Å²) in [6.45, 7) is 6.16. The van der Waals surface area contributed by atoms with Crippen molar-refractivity contribution in [3.05, 3.63) is 51.4 Å². The first-order chi connectivity index (χ1) is 12.0. The fourth-order valence-corrected chi connectivity index (χ4v) is 4.75. The van der Waals surface area contributed by atoms with Crippen molar-refractivity contribution in [3.63, 3.8) is 0 Å². The molecule has 1 aromatic heterocycles. The van der Waals surface area contributed by atoms with Crippen molar-refractivity contribution < 1.29 is 14.3 Å². The van der Waals surface area contributed by atoms with Gasteiger partial charge in [-0.05, 0) is 56.2 Å². The molecule has 3 rings (SSSR count). The van der Waals surface area contributed by atoms with Crippen molar-refractivity contribution in [1.29, 1.82) is 0 Å². The number of anilines is 1. The number of benzene rings is 1. The number of nitrogens with one attached hydrogen (secondary N) is 1. The Hall–Kier alpha value is -2.14. The summed E-state index contributed by atoms with van der Waals surface area (Å²) in [4.78, 5) is 26.5. The van der Waals surface area contributed by atoms with Crippen molar-refractivity contribution in [2.45, 2.75) is 46.0 Å². The van der Waals surface area contributed by atoms with Gasteiger partial charge in [-0.2, -0.15) is 0 Å². The van der Waals surface area contributed by atoms with E-state index < -0.39 is 0 Å². The van der Waals surface area contributed by atoms with Gasteiger partial charge in [0.05, 0.1) is 12.2 Å². The number of carbonyl (C=O) groups is 2. The first-order valence-corrected chi connectivity index (χ1v) is 9.54. The molecule has 0 saturated carbocycles. The molecule has 1 aliphatic rings. The molecule has 1 aliphatic carbocycles. The standard InChI is InChI=1S/C20H23NO3S/c1-4-24-20(23)17-16-13(3)9-7-11-15(16)25-19(17)21-18(22)14-10-6-5-8-12(14)2/h5-6,8,10,13H,4,7,9,11H2,1-3H3,(H,21,22). The molecule has 1 N–H and O–H groups in total. The fourth-order valence-electron chi connectivity index (χ4n) is 3.40. The number of fused-ring (bicyclic) bond motifs is 1. The van der Waals surface area contributed by atoms with Crippen LogP contribution < -0.4 is 5.32 Å². The van der Waals surface area contributed by atoms with E-state index in [0.717, 1.165) is 30.4 Å². The molecule has 4 nitrogen and oxygen atoms in total. The van der Waals surface area contributed by atoms with Crippen molar-refractivity contribution in [2.75, 3.05) is 11.9 Å². The maximum atomic E-state index is 12.7. The molecule has 0 aliphatic heterocycles. The number of amides is 1. The van der Waals surface area contributed by atoms with E-state index in [1.165, 1.54) is 16.2 Å². The predicted octanol–water partition coefficient (Wildman–Crippen LogP) is 4.93. The van der Waals surface area contributed by atoms with Crippen LogP contribution in [0.15, 0.2) is 24.3 Å². The smallest absolute Gasteiger partial charge is 0.341 e. The molecule has 1 heterocycles. The Bertz CT molecular complexity index is 809. The van der Waals surface area contributed by atoms with Crippen LogP contribution in [0.2, 0.25) is 0 Å². The van der Waals surface area contributed by atoms with Gasteiger partial charge < -0.3 is 10.1 Å². The predicted molar refractivity (Wildman–Crippen MR) is 101 cm³/mol. The van der Waals surface area contributed by atoms with E-state index in [1.807, 2.05) is 25.1 Å². The third-order valence-corrected chi connectivity index (χ3v) is 5.83. The average molecular weight is 357 g/mol. The highest BCUT2D eigenvalue weighted by Gasteiger charge is 2.31. The summed E-state index contributed by atoms with van der Waals surface area (Å²) in [5, 5.41) is 3.58. The highest BCUT2D eigenvalue weighted by molar-refractivity contribution is 7.17. The van der Waals surface area contributed by atoms with E-state index >= 15 is 0 Å². The molecule has 0 radical (unpaired) electrons. The third kappa shape index (κ3) is 3.47. The number of ether oxygens (including phenoxy) is 1. The molecular formula is C20H23NO3S. The monoisotopic (exact) mass is 357 g/mol. The summed E-state index contributed by atoms with van der Waals surface area (Å²) in [5.74, 6) is -0.216. The molecule has 132 valence electrons. The van der Waals surface area contributed by atoms with Crippen LogP contribution >= 0.6 is 11.3 Å². The fraction of sp³-hybridized carbons (Fsp3) is 0.400. The Balaban J connectivity index is 1.99. The number of esters is 1. The van der Waals surface area contributed by atoms with Crippen LogP contribution in [-0.4, -0.2) is 18.5 Å². The minimum absolute atomic E-state index is 0.185. The van der Waals surface area contributed by atoms with Gasteiger partial charge in [0.1, 0.15) is 5.00 Å². The Morgan fingerprint density at radius 1 is 1.32 bits per heavy atom. The van der Waals surface area contributed by atoms with E-state index in [0.29, 0.717) is 28.7 Å². The number of aryl methyl sites for hydroxylation is 2. The van der Waals surface area contributed by atoms with E-state index in [1.54, 1.807) is 13.0 Å². The van der Waals surface area contributed by atoms with Crippen LogP contribution in [0.25, 0.3) is 0 Å². The normalized spacial score (nSPS) is 16.2. The van der Waals surface area contributed by atoms with Crippen LogP contribution in [0.1, 0.15) is 69.3 Å². The largest absolute Gasteiger partial charge is 0.462 e. The van der Waals surface area contributed by atoms with Crippen molar-refractivity contribution in [1.82, 2.24) is 0 Å². The summed E-state index contributed by atoms with van der Waals surface area (Å²) in [6.07, 6.45) is 3.13. The van der Waals surface area contributed by atoms with Gasteiger partial charge in [0, 0.05) is 10.4 Å². The van der Waals surface area contributed by atoms with E-state index in [2.05, 4.69) is 12.2 Å². The topological polar surface area (TPSA) is 55.4 Å². The first-order valence-electron chi connectivity index (χ1n) is 8.72. The van der Waals surface area contributed by atoms with Gasteiger partial charge in [-0.15, -0.1) is 11.3 Å². The molecular weight excluding hydrogens is 334 g/mol. The lowest BCUT2D eigenvalue weighted by atomic mass is 9.86. The van der Waals surface area contributed by atoms with Crippen LogP contribution in [0, 0.1) is 6.92 Å². The SMILES string of the molecule is CCOC(=O)c1c(NC(=O)c2ccccc2C)sc2c1C(C)CCC2. The van der Waals surface area contributed by atoms with Gasteiger partial charge >= 0.3 is 5.97 Å². The molecule has 1 atom stereocenters. The maximum Gasteiger partial charge on any atom is 0.341 e. The summed E-state index contributed by atoms with van der Waals surface area (Å²) in [5.41, 5.74) is 3.15. The number of rotatable bonds is 4. The molecule has 0 saturated heterocycles. The van der Waals surface area contributed by atoms with Crippen molar-refractivity contribution >= 4 is 28.2 Å². The van der Waals surface area contributed by atoms with Crippen LogP contribution in [0.5, 0.6) is 0 Å². The Labute approximate surface area is 152 Å².